The van der Waals surface area contributed by atoms with Crippen molar-refractivity contribution >= 4 is 22.4 Å². The Hall–Kier alpha value is -2.10. The summed E-state index contributed by atoms with van der Waals surface area (Å²) in [5.74, 6) is 1.33. The second-order valence-electron chi connectivity index (χ2n) is 4.69. The molecule has 0 fully saturated rings. The van der Waals surface area contributed by atoms with E-state index in [9.17, 15) is 0 Å². The van der Waals surface area contributed by atoms with E-state index in [1.807, 2.05) is 61.6 Å². The van der Waals surface area contributed by atoms with Crippen molar-refractivity contribution in [3.05, 3.63) is 65.3 Å². The van der Waals surface area contributed by atoms with Crippen LogP contribution in [0.25, 0.3) is 10.8 Å². The summed E-state index contributed by atoms with van der Waals surface area (Å²) in [5, 5.41) is 5.75. The average molecular weight is 299 g/mol. The highest BCUT2D eigenvalue weighted by molar-refractivity contribution is 6.35. The molecule has 3 rings (SSSR count). The molecule has 0 atom stereocenters. The average Bonchev–Trinajstić information content (AvgIpc) is 2.51. The molecule has 3 aromatic rings. The number of rotatable bonds is 4. The first-order valence-corrected chi connectivity index (χ1v) is 7.11. The molecule has 3 nitrogen and oxygen atoms in total. The van der Waals surface area contributed by atoms with Crippen LogP contribution in [-0.4, -0.2) is 12.0 Å². The predicted octanol–water partition coefficient (Wildman–Crippen LogP) is 4.40. The van der Waals surface area contributed by atoms with Gasteiger partial charge in [-0.15, -0.1) is 0 Å². The van der Waals surface area contributed by atoms with Crippen molar-refractivity contribution in [1.82, 2.24) is 10.3 Å². The summed E-state index contributed by atoms with van der Waals surface area (Å²) in [4.78, 5) is 4.47. The zero-order chi connectivity index (χ0) is 14.7. The maximum absolute atomic E-state index is 6.22. The number of ether oxygens (including phenoxy) is 1. The summed E-state index contributed by atoms with van der Waals surface area (Å²) in [6.45, 7) is 0.707. The smallest absolute Gasteiger partial charge is 0.219 e. The van der Waals surface area contributed by atoms with Crippen LogP contribution in [0.2, 0.25) is 5.02 Å². The van der Waals surface area contributed by atoms with Crippen LogP contribution in [0.4, 0.5) is 0 Å². The summed E-state index contributed by atoms with van der Waals surface area (Å²) in [5.41, 5.74) is 0.938. The van der Waals surface area contributed by atoms with Gasteiger partial charge in [0, 0.05) is 28.4 Å². The molecule has 0 saturated carbocycles. The lowest BCUT2D eigenvalue weighted by molar-refractivity contribution is 0.465. The second-order valence-corrected chi connectivity index (χ2v) is 5.10. The monoisotopic (exact) mass is 298 g/mol. The molecule has 106 valence electrons. The number of hydrogen-bond acceptors (Lipinski definition) is 3. The van der Waals surface area contributed by atoms with Gasteiger partial charge in [0.1, 0.15) is 5.75 Å². The van der Waals surface area contributed by atoms with Gasteiger partial charge in [0.15, 0.2) is 0 Å². The minimum atomic E-state index is 0.579. The maximum atomic E-state index is 6.22. The molecule has 2 aromatic carbocycles. The Balaban J connectivity index is 1.98. The van der Waals surface area contributed by atoms with Crippen LogP contribution in [0.15, 0.2) is 54.6 Å². The minimum absolute atomic E-state index is 0.579. The van der Waals surface area contributed by atoms with E-state index in [1.54, 1.807) is 0 Å². The van der Waals surface area contributed by atoms with Crippen molar-refractivity contribution in [2.75, 3.05) is 7.05 Å². The number of fused-ring (bicyclic) bond motifs is 1. The summed E-state index contributed by atoms with van der Waals surface area (Å²) >= 11 is 6.22. The highest BCUT2D eigenvalue weighted by atomic mass is 35.5. The zero-order valence-corrected chi connectivity index (χ0v) is 12.4. The Morgan fingerprint density at radius 3 is 2.62 bits per heavy atom. The first kappa shape index (κ1) is 13.9. The van der Waals surface area contributed by atoms with Gasteiger partial charge in [0.2, 0.25) is 5.88 Å². The van der Waals surface area contributed by atoms with Crippen LogP contribution < -0.4 is 10.1 Å². The second kappa shape index (κ2) is 6.12. The topological polar surface area (TPSA) is 34.1 Å². The summed E-state index contributed by atoms with van der Waals surface area (Å²) in [7, 11) is 1.89. The molecule has 4 heteroatoms. The molecule has 0 radical (unpaired) electrons. The van der Waals surface area contributed by atoms with E-state index in [2.05, 4.69) is 10.3 Å². The Labute approximate surface area is 128 Å². The normalized spacial score (nSPS) is 10.8. The molecule has 0 spiro atoms. The van der Waals surface area contributed by atoms with E-state index in [4.69, 9.17) is 16.3 Å². The largest absolute Gasteiger partial charge is 0.438 e. The van der Waals surface area contributed by atoms with Gasteiger partial charge in [0.05, 0.1) is 5.69 Å². The van der Waals surface area contributed by atoms with Crippen molar-refractivity contribution < 1.29 is 4.74 Å². The van der Waals surface area contributed by atoms with Crippen molar-refractivity contribution in [2.24, 2.45) is 0 Å². The predicted molar refractivity (Wildman–Crippen MR) is 86.0 cm³/mol. The molecule has 0 aliphatic heterocycles. The van der Waals surface area contributed by atoms with E-state index < -0.39 is 0 Å². The van der Waals surface area contributed by atoms with Gasteiger partial charge in [-0.1, -0.05) is 41.9 Å². The molecule has 1 heterocycles. The van der Waals surface area contributed by atoms with E-state index in [1.165, 1.54) is 0 Å². The third-order valence-electron chi connectivity index (χ3n) is 3.18. The lowest BCUT2D eigenvalue weighted by atomic mass is 10.1. The molecule has 0 unspecified atom stereocenters. The summed E-state index contributed by atoms with van der Waals surface area (Å²) < 4.78 is 5.94. The highest BCUT2D eigenvalue weighted by Gasteiger charge is 2.07. The third-order valence-corrected chi connectivity index (χ3v) is 3.51. The number of nitrogens with one attached hydrogen (secondary N) is 1. The first-order chi connectivity index (χ1) is 10.3. The molecule has 1 N–H and O–H groups in total. The van der Waals surface area contributed by atoms with E-state index in [0.29, 0.717) is 12.4 Å². The maximum Gasteiger partial charge on any atom is 0.219 e. The standard InChI is InChI=1S/C17H15ClN2O/c1-19-11-12-5-4-8-17(20-12)21-16-10-9-15(18)13-6-2-3-7-14(13)16/h2-10,19H,11H2,1H3. The highest BCUT2D eigenvalue weighted by Crippen LogP contribution is 2.33. The van der Waals surface area contributed by atoms with E-state index in [0.717, 1.165) is 27.2 Å². The minimum Gasteiger partial charge on any atom is -0.438 e. The molecular weight excluding hydrogens is 284 g/mol. The zero-order valence-electron chi connectivity index (χ0n) is 11.6. The van der Waals surface area contributed by atoms with Gasteiger partial charge >= 0.3 is 0 Å². The van der Waals surface area contributed by atoms with Crippen LogP contribution in [0.3, 0.4) is 0 Å². The third kappa shape index (κ3) is 2.99. The van der Waals surface area contributed by atoms with Gasteiger partial charge in [0.25, 0.3) is 0 Å². The van der Waals surface area contributed by atoms with Crippen molar-refractivity contribution in [2.45, 2.75) is 6.54 Å². The molecule has 0 saturated heterocycles. The lowest BCUT2D eigenvalue weighted by Gasteiger charge is -2.10. The van der Waals surface area contributed by atoms with Gasteiger partial charge < -0.3 is 10.1 Å². The van der Waals surface area contributed by atoms with Crippen LogP contribution in [0.1, 0.15) is 5.69 Å². The van der Waals surface area contributed by atoms with Crippen molar-refractivity contribution in [3.8, 4) is 11.6 Å². The first-order valence-electron chi connectivity index (χ1n) is 6.73. The SMILES string of the molecule is CNCc1cccc(Oc2ccc(Cl)c3ccccc23)n1. The molecule has 21 heavy (non-hydrogen) atoms. The van der Waals surface area contributed by atoms with Crippen LogP contribution in [0, 0.1) is 0 Å². The fraction of sp³-hybridized carbons (Fsp3) is 0.118. The van der Waals surface area contributed by atoms with Crippen LogP contribution in [0.5, 0.6) is 11.6 Å². The number of pyridine rings is 1. The fourth-order valence-corrected chi connectivity index (χ4v) is 2.46. The molecule has 1 aromatic heterocycles. The van der Waals surface area contributed by atoms with Crippen molar-refractivity contribution in [3.63, 3.8) is 0 Å². The molecular formula is C17H15ClN2O. The van der Waals surface area contributed by atoms with Crippen molar-refractivity contribution in [1.29, 1.82) is 0 Å². The van der Waals surface area contributed by atoms with E-state index in [-0.39, 0.29) is 0 Å². The van der Waals surface area contributed by atoms with Crippen LogP contribution in [-0.2, 0) is 6.54 Å². The summed E-state index contributed by atoms with van der Waals surface area (Å²) in [6, 6.07) is 17.4. The molecule has 0 aliphatic carbocycles. The molecule has 0 bridgehead atoms. The van der Waals surface area contributed by atoms with Gasteiger partial charge in [-0.2, -0.15) is 0 Å². The molecule has 0 aliphatic rings. The number of benzene rings is 2. The summed E-state index contributed by atoms with van der Waals surface area (Å²) in [6.07, 6.45) is 0. The van der Waals surface area contributed by atoms with Gasteiger partial charge in [-0.25, -0.2) is 4.98 Å². The Bertz CT molecular complexity index is 774. The number of nitrogens with zero attached hydrogens (tertiary/aromatic N) is 1. The Morgan fingerprint density at radius 2 is 1.81 bits per heavy atom. The van der Waals surface area contributed by atoms with E-state index >= 15 is 0 Å². The van der Waals surface area contributed by atoms with Gasteiger partial charge in [-0.3, -0.25) is 0 Å². The number of hydrogen-bond donors (Lipinski definition) is 1. The lowest BCUT2D eigenvalue weighted by Crippen LogP contribution is -2.06. The quantitative estimate of drug-likeness (QED) is 0.775. The molecule has 0 amide bonds. The number of halogens is 1. The Morgan fingerprint density at radius 1 is 1.00 bits per heavy atom. The Kier molecular flexibility index (Phi) is 4.04. The fourth-order valence-electron chi connectivity index (χ4n) is 2.23. The van der Waals surface area contributed by atoms with Gasteiger partial charge in [-0.05, 0) is 25.2 Å². The number of aromatic nitrogens is 1. The van der Waals surface area contributed by atoms with Crippen LogP contribution >= 0.6 is 11.6 Å².